The zero-order valence-corrected chi connectivity index (χ0v) is 12.8. The van der Waals surface area contributed by atoms with Crippen molar-refractivity contribution in [1.82, 2.24) is 9.78 Å². The third-order valence-corrected chi connectivity index (χ3v) is 4.46. The topological polar surface area (TPSA) is 47.3 Å². The van der Waals surface area contributed by atoms with Crippen LogP contribution in [0.15, 0.2) is 24.3 Å². The quantitative estimate of drug-likeness (QED) is 0.889. The molecule has 0 bridgehead atoms. The van der Waals surface area contributed by atoms with Crippen LogP contribution in [-0.2, 0) is 18.2 Å². The molecule has 0 aliphatic heterocycles. The van der Waals surface area contributed by atoms with Gasteiger partial charge in [0.05, 0.1) is 23.4 Å². The lowest BCUT2D eigenvalue weighted by atomic mass is 9.78. The molecule has 21 heavy (non-hydrogen) atoms. The summed E-state index contributed by atoms with van der Waals surface area (Å²) in [5.74, 6) is 0.603. The molecule has 2 aromatic rings. The van der Waals surface area contributed by atoms with Gasteiger partial charge in [-0.15, -0.1) is 0 Å². The van der Waals surface area contributed by atoms with E-state index in [9.17, 15) is 5.11 Å². The number of nitrogens with zero attached hydrogens (tertiary/aromatic N) is 2. The standard InChI is InChI=1S/C17H24N2O2/c1-3-21-14-9-12(10-14)8-13(20)11-16-15-6-4-5-7-17(15)19(2)18-16/h4-7,12-14,20H,3,8-11H2,1-2H3. The number of aryl methyl sites for hydroxylation is 1. The van der Waals surface area contributed by atoms with Crippen LogP contribution in [0.4, 0.5) is 0 Å². The molecule has 0 spiro atoms. The summed E-state index contributed by atoms with van der Waals surface area (Å²) in [5.41, 5.74) is 2.13. The van der Waals surface area contributed by atoms with Gasteiger partial charge in [0.2, 0.25) is 0 Å². The summed E-state index contributed by atoms with van der Waals surface area (Å²) in [6, 6.07) is 8.20. The van der Waals surface area contributed by atoms with E-state index in [0.29, 0.717) is 18.4 Å². The molecule has 0 amide bonds. The van der Waals surface area contributed by atoms with E-state index in [0.717, 1.165) is 42.5 Å². The summed E-state index contributed by atoms with van der Waals surface area (Å²) in [5, 5.41) is 16.0. The van der Waals surface area contributed by atoms with Gasteiger partial charge in [-0.2, -0.15) is 5.10 Å². The van der Waals surface area contributed by atoms with Gasteiger partial charge in [-0.1, -0.05) is 18.2 Å². The fourth-order valence-corrected chi connectivity index (χ4v) is 3.37. The molecule has 4 nitrogen and oxygen atoms in total. The molecule has 3 rings (SSSR count). The Bertz CT molecular complexity index is 602. The monoisotopic (exact) mass is 288 g/mol. The zero-order valence-electron chi connectivity index (χ0n) is 12.8. The molecule has 1 N–H and O–H groups in total. The van der Waals surface area contributed by atoms with Crippen molar-refractivity contribution in [1.29, 1.82) is 0 Å². The highest BCUT2D eigenvalue weighted by Gasteiger charge is 2.31. The van der Waals surface area contributed by atoms with E-state index in [1.165, 1.54) is 0 Å². The summed E-state index contributed by atoms with van der Waals surface area (Å²) in [7, 11) is 1.96. The van der Waals surface area contributed by atoms with E-state index in [4.69, 9.17) is 4.74 Å². The van der Waals surface area contributed by atoms with Gasteiger partial charge < -0.3 is 9.84 Å². The number of hydrogen-bond donors (Lipinski definition) is 1. The second-order valence-electron chi connectivity index (χ2n) is 6.10. The molecule has 1 aromatic carbocycles. The van der Waals surface area contributed by atoms with Crippen LogP contribution in [0.3, 0.4) is 0 Å². The van der Waals surface area contributed by atoms with E-state index in [-0.39, 0.29) is 6.10 Å². The predicted octanol–water partition coefficient (Wildman–Crippen LogP) is 2.68. The number of hydrogen-bond acceptors (Lipinski definition) is 3. The molecule has 0 saturated heterocycles. The van der Waals surface area contributed by atoms with Crippen molar-refractivity contribution in [2.75, 3.05) is 6.61 Å². The third-order valence-electron chi connectivity index (χ3n) is 4.46. The van der Waals surface area contributed by atoms with E-state index in [2.05, 4.69) is 17.2 Å². The molecule has 1 heterocycles. The van der Waals surface area contributed by atoms with Crippen molar-refractivity contribution < 1.29 is 9.84 Å². The average molecular weight is 288 g/mol. The van der Waals surface area contributed by atoms with E-state index >= 15 is 0 Å². The number of aliphatic hydroxyl groups excluding tert-OH is 1. The number of fused-ring (bicyclic) bond motifs is 1. The van der Waals surface area contributed by atoms with Gasteiger partial charge in [0.1, 0.15) is 0 Å². The van der Waals surface area contributed by atoms with Crippen molar-refractivity contribution in [3.8, 4) is 0 Å². The maximum atomic E-state index is 10.3. The minimum absolute atomic E-state index is 0.309. The van der Waals surface area contributed by atoms with Crippen LogP contribution >= 0.6 is 0 Å². The molecular formula is C17H24N2O2. The number of aliphatic hydroxyl groups is 1. The molecule has 1 aromatic heterocycles. The smallest absolute Gasteiger partial charge is 0.0728 e. The Morgan fingerprint density at radius 1 is 1.38 bits per heavy atom. The lowest BCUT2D eigenvalue weighted by molar-refractivity contribution is -0.0376. The van der Waals surface area contributed by atoms with Crippen LogP contribution in [0.1, 0.15) is 31.9 Å². The van der Waals surface area contributed by atoms with Gasteiger partial charge in [0.25, 0.3) is 0 Å². The summed E-state index contributed by atoms with van der Waals surface area (Å²) < 4.78 is 7.47. The van der Waals surface area contributed by atoms with Crippen LogP contribution in [0, 0.1) is 5.92 Å². The summed E-state index contributed by atoms with van der Waals surface area (Å²) in [6.07, 6.45) is 3.78. The lowest BCUT2D eigenvalue weighted by Crippen LogP contribution is -2.34. The van der Waals surface area contributed by atoms with Crippen LogP contribution in [0.25, 0.3) is 10.9 Å². The number of para-hydroxylation sites is 1. The molecule has 4 heteroatoms. The van der Waals surface area contributed by atoms with E-state index in [1.54, 1.807) is 0 Å². The van der Waals surface area contributed by atoms with E-state index in [1.807, 2.05) is 30.8 Å². The third kappa shape index (κ3) is 3.11. The Morgan fingerprint density at radius 2 is 2.14 bits per heavy atom. The van der Waals surface area contributed by atoms with Crippen LogP contribution < -0.4 is 0 Å². The maximum Gasteiger partial charge on any atom is 0.0728 e. The van der Waals surface area contributed by atoms with Crippen LogP contribution in [0.5, 0.6) is 0 Å². The van der Waals surface area contributed by atoms with Crippen LogP contribution in [0.2, 0.25) is 0 Å². The second kappa shape index (κ2) is 6.16. The largest absolute Gasteiger partial charge is 0.393 e. The SMILES string of the molecule is CCOC1CC(CC(O)Cc2nn(C)c3ccccc23)C1. The molecule has 0 radical (unpaired) electrons. The Labute approximate surface area is 125 Å². The Hall–Kier alpha value is -1.39. The van der Waals surface area contributed by atoms with Gasteiger partial charge in [-0.3, -0.25) is 4.68 Å². The van der Waals surface area contributed by atoms with Gasteiger partial charge in [-0.05, 0) is 38.2 Å². The fraction of sp³-hybridized carbons (Fsp3) is 0.588. The normalized spacial score (nSPS) is 23.2. The number of ether oxygens (including phenoxy) is 1. The number of rotatable bonds is 6. The molecule has 1 saturated carbocycles. The summed E-state index contributed by atoms with van der Waals surface area (Å²) in [4.78, 5) is 0. The fourth-order valence-electron chi connectivity index (χ4n) is 3.37. The van der Waals surface area contributed by atoms with Crippen LogP contribution in [-0.4, -0.2) is 33.7 Å². The minimum atomic E-state index is -0.309. The highest BCUT2D eigenvalue weighted by atomic mass is 16.5. The Kier molecular flexibility index (Phi) is 4.27. The first-order valence-electron chi connectivity index (χ1n) is 7.87. The first kappa shape index (κ1) is 14.5. The van der Waals surface area contributed by atoms with E-state index < -0.39 is 0 Å². The Balaban J connectivity index is 1.58. The van der Waals surface area contributed by atoms with Crippen molar-refractivity contribution in [3.63, 3.8) is 0 Å². The molecule has 1 aliphatic carbocycles. The van der Waals surface area contributed by atoms with Gasteiger partial charge in [0.15, 0.2) is 0 Å². The highest BCUT2D eigenvalue weighted by Crippen LogP contribution is 2.34. The Morgan fingerprint density at radius 3 is 2.90 bits per heavy atom. The summed E-state index contributed by atoms with van der Waals surface area (Å²) >= 11 is 0. The first-order valence-corrected chi connectivity index (χ1v) is 7.87. The molecule has 1 fully saturated rings. The molecule has 114 valence electrons. The number of benzene rings is 1. The molecular weight excluding hydrogens is 264 g/mol. The lowest BCUT2D eigenvalue weighted by Gasteiger charge is -2.36. The molecule has 1 aliphatic rings. The van der Waals surface area contributed by atoms with Crippen molar-refractivity contribution in [2.45, 2.75) is 44.8 Å². The number of aromatic nitrogens is 2. The van der Waals surface area contributed by atoms with Crippen molar-refractivity contribution >= 4 is 10.9 Å². The average Bonchev–Trinajstić information content (AvgIpc) is 2.74. The maximum absolute atomic E-state index is 10.3. The minimum Gasteiger partial charge on any atom is -0.393 e. The molecule has 1 atom stereocenters. The summed E-state index contributed by atoms with van der Waals surface area (Å²) in [6.45, 7) is 2.83. The van der Waals surface area contributed by atoms with Gasteiger partial charge in [-0.25, -0.2) is 0 Å². The van der Waals surface area contributed by atoms with Crippen molar-refractivity contribution in [2.24, 2.45) is 13.0 Å². The molecule has 1 unspecified atom stereocenters. The first-order chi connectivity index (χ1) is 10.2. The second-order valence-corrected chi connectivity index (χ2v) is 6.10. The zero-order chi connectivity index (χ0) is 14.8. The predicted molar refractivity (Wildman–Crippen MR) is 83.2 cm³/mol. The van der Waals surface area contributed by atoms with Gasteiger partial charge in [0, 0.05) is 25.5 Å². The van der Waals surface area contributed by atoms with Gasteiger partial charge >= 0.3 is 0 Å². The van der Waals surface area contributed by atoms with Crippen molar-refractivity contribution in [3.05, 3.63) is 30.0 Å². The highest BCUT2D eigenvalue weighted by molar-refractivity contribution is 5.81.